The molecule has 0 spiro atoms. The summed E-state index contributed by atoms with van der Waals surface area (Å²) in [5.41, 5.74) is 16.3. The van der Waals surface area contributed by atoms with Gasteiger partial charge in [-0.25, -0.2) is 0 Å². The Kier molecular flexibility index (Phi) is 7.53. The molecule has 1 heteroatoms. The largest absolute Gasteiger partial charge is 0.310 e. The van der Waals surface area contributed by atoms with Crippen molar-refractivity contribution in [1.29, 1.82) is 0 Å². The minimum atomic E-state index is -0.362. The van der Waals surface area contributed by atoms with Crippen LogP contribution in [0.1, 0.15) is 59.6 Å². The average molecular weight is 694 g/mol. The van der Waals surface area contributed by atoms with Crippen LogP contribution in [0.25, 0.3) is 22.3 Å². The zero-order valence-electron chi connectivity index (χ0n) is 31.1. The summed E-state index contributed by atoms with van der Waals surface area (Å²) in [7, 11) is 0. The third-order valence-corrected chi connectivity index (χ3v) is 12.8. The number of hydrogen-bond acceptors (Lipinski definition) is 1. The second-order valence-electron chi connectivity index (χ2n) is 16.0. The van der Waals surface area contributed by atoms with Gasteiger partial charge in [0.15, 0.2) is 0 Å². The second kappa shape index (κ2) is 12.5. The number of aryl methyl sites for hydroxylation is 1. The van der Waals surface area contributed by atoms with Crippen molar-refractivity contribution >= 4 is 17.1 Å². The number of nitrogens with zero attached hydrogens (tertiary/aromatic N) is 1. The van der Waals surface area contributed by atoms with Crippen LogP contribution in [0.3, 0.4) is 0 Å². The van der Waals surface area contributed by atoms with E-state index >= 15 is 0 Å². The van der Waals surface area contributed by atoms with E-state index in [9.17, 15) is 0 Å². The van der Waals surface area contributed by atoms with Crippen LogP contribution in [0.2, 0.25) is 0 Å². The molecule has 6 aromatic carbocycles. The Morgan fingerprint density at radius 1 is 0.630 bits per heavy atom. The fraction of sp³-hybridized carbons (Fsp3) is 0.170. The molecule has 4 aliphatic carbocycles. The third kappa shape index (κ3) is 4.80. The lowest BCUT2D eigenvalue weighted by molar-refractivity contribution is 0.394. The number of rotatable bonds is 6. The highest BCUT2D eigenvalue weighted by Crippen LogP contribution is 2.60. The number of benzene rings is 5. The van der Waals surface area contributed by atoms with E-state index in [1.165, 1.54) is 50.2 Å². The molecule has 0 aromatic heterocycles. The van der Waals surface area contributed by atoms with Crippen LogP contribution in [-0.2, 0) is 10.8 Å². The normalized spacial score (nSPS) is 22.2. The minimum Gasteiger partial charge on any atom is -0.310 e. The number of fused-ring (bicyclic) bond motifs is 6. The molecular formula is C53H43N. The van der Waals surface area contributed by atoms with E-state index in [4.69, 9.17) is 0 Å². The summed E-state index contributed by atoms with van der Waals surface area (Å²) < 4.78 is 0. The zero-order valence-corrected chi connectivity index (χ0v) is 31.1. The molecule has 6 aromatic rings. The van der Waals surface area contributed by atoms with E-state index in [0.717, 1.165) is 28.9 Å². The summed E-state index contributed by atoms with van der Waals surface area (Å²) in [5, 5.41) is 0. The maximum Gasteiger partial charge on any atom is 0.0540 e. The molecule has 4 unspecified atom stereocenters. The van der Waals surface area contributed by atoms with E-state index in [1.807, 2.05) is 6.07 Å². The lowest BCUT2D eigenvalue weighted by Gasteiger charge is -2.40. The van der Waals surface area contributed by atoms with Crippen LogP contribution < -0.4 is 4.90 Å². The van der Waals surface area contributed by atoms with Gasteiger partial charge in [-0.1, -0.05) is 159 Å². The van der Waals surface area contributed by atoms with Gasteiger partial charge in [-0.05, 0) is 124 Å². The number of hydrogen-bond donors (Lipinski definition) is 0. The van der Waals surface area contributed by atoms with Gasteiger partial charge in [0.1, 0.15) is 0 Å². The number of anilines is 3. The highest BCUT2D eigenvalue weighted by atomic mass is 15.1. The van der Waals surface area contributed by atoms with Crippen molar-refractivity contribution in [3.63, 3.8) is 0 Å². The molecule has 260 valence electrons. The van der Waals surface area contributed by atoms with Crippen molar-refractivity contribution in [1.82, 2.24) is 0 Å². The van der Waals surface area contributed by atoms with Crippen LogP contribution in [0.5, 0.6) is 0 Å². The second-order valence-corrected chi connectivity index (χ2v) is 16.0. The quantitative estimate of drug-likeness (QED) is 0.168. The lowest BCUT2D eigenvalue weighted by atomic mass is 9.62. The van der Waals surface area contributed by atoms with Crippen molar-refractivity contribution in [3.05, 3.63) is 222 Å². The fourth-order valence-corrected chi connectivity index (χ4v) is 10.3. The molecule has 0 N–H and O–H groups in total. The monoisotopic (exact) mass is 693 g/mol. The molecular weight excluding hydrogens is 651 g/mol. The van der Waals surface area contributed by atoms with Crippen molar-refractivity contribution in [3.8, 4) is 22.3 Å². The minimum absolute atomic E-state index is 0.00653. The molecule has 4 atom stereocenters. The highest BCUT2D eigenvalue weighted by molar-refractivity contribution is 5.92. The Morgan fingerprint density at radius 2 is 1.35 bits per heavy atom. The van der Waals surface area contributed by atoms with Gasteiger partial charge in [-0.3, -0.25) is 0 Å². The molecule has 0 fully saturated rings. The first-order valence-corrected chi connectivity index (χ1v) is 19.4. The fourth-order valence-electron chi connectivity index (χ4n) is 10.3. The van der Waals surface area contributed by atoms with Gasteiger partial charge in [0.05, 0.1) is 11.1 Å². The van der Waals surface area contributed by atoms with Gasteiger partial charge in [0, 0.05) is 22.9 Å². The van der Waals surface area contributed by atoms with Gasteiger partial charge in [-0.2, -0.15) is 0 Å². The van der Waals surface area contributed by atoms with Crippen LogP contribution in [0, 0.1) is 30.9 Å². The van der Waals surface area contributed by atoms with E-state index in [0.29, 0.717) is 11.8 Å². The molecule has 4 aliphatic rings. The van der Waals surface area contributed by atoms with Crippen LogP contribution in [0.15, 0.2) is 176 Å². The molecule has 0 radical (unpaired) electrons. The third-order valence-electron chi connectivity index (χ3n) is 12.8. The van der Waals surface area contributed by atoms with E-state index in [-0.39, 0.29) is 16.7 Å². The van der Waals surface area contributed by atoms with E-state index in [2.05, 4.69) is 208 Å². The summed E-state index contributed by atoms with van der Waals surface area (Å²) in [6.07, 6.45) is 19.5. The Morgan fingerprint density at radius 3 is 2.15 bits per heavy atom. The average Bonchev–Trinajstić information content (AvgIpc) is 3.64. The molecule has 0 amide bonds. The van der Waals surface area contributed by atoms with Crippen molar-refractivity contribution in [2.45, 2.75) is 43.9 Å². The maximum absolute atomic E-state index is 3.22. The van der Waals surface area contributed by atoms with Crippen molar-refractivity contribution in [2.75, 3.05) is 4.90 Å². The SMILES string of the molecule is Cc1ccc2c(c1)C(c1ccccc1)(C1C=CC=CC1)c1cc(N(c3ccc4c(c3)C(C)(C)C3C=CC=CC43)c3ccccc3-c3cc#ccc3)ccc1-2. The van der Waals surface area contributed by atoms with Crippen LogP contribution in [0.4, 0.5) is 17.1 Å². The molecule has 10 rings (SSSR count). The summed E-state index contributed by atoms with van der Waals surface area (Å²) in [5.74, 6) is 1.09. The van der Waals surface area contributed by atoms with E-state index < -0.39 is 0 Å². The van der Waals surface area contributed by atoms with Gasteiger partial charge >= 0.3 is 0 Å². The Bertz CT molecular complexity index is 2530. The predicted octanol–water partition coefficient (Wildman–Crippen LogP) is 13.3. The zero-order chi connectivity index (χ0) is 36.4. The van der Waals surface area contributed by atoms with Gasteiger partial charge < -0.3 is 4.90 Å². The first-order valence-electron chi connectivity index (χ1n) is 19.4. The standard InChI is InChI=1S/C53H43N/c1-36-27-30-45-46-32-29-41(35-50(46)53(49(45)33-36,38-19-9-5-10-20-38)39-21-11-6-12-22-39)54(51-26-16-14-23-42(51)37-17-7-4-8-18-37)40-28-31-44-43-24-13-15-25-47(43)52(2,3)48(44)34-40/h5-7,9-21,23-35,39,43,47H,22H2,1-3H3. The molecule has 0 saturated carbocycles. The Balaban J connectivity index is 1.25. The van der Waals surface area contributed by atoms with Gasteiger partial charge in [-0.15, -0.1) is 0 Å². The van der Waals surface area contributed by atoms with Gasteiger partial charge in [0.2, 0.25) is 0 Å². The van der Waals surface area contributed by atoms with Crippen molar-refractivity contribution < 1.29 is 0 Å². The number of para-hydroxylation sites is 1. The molecule has 0 heterocycles. The maximum atomic E-state index is 3.22. The molecule has 0 bridgehead atoms. The van der Waals surface area contributed by atoms with Crippen molar-refractivity contribution in [2.24, 2.45) is 11.8 Å². The van der Waals surface area contributed by atoms with Gasteiger partial charge in [0.25, 0.3) is 0 Å². The topological polar surface area (TPSA) is 3.24 Å². The summed E-state index contributed by atoms with van der Waals surface area (Å²) >= 11 is 0. The summed E-state index contributed by atoms with van der Waals surface area (Å²) in [4.78, 5) is 2.51. The molecule has 1 nitrogen and oxygen atoms in total. The highest BCUT2D eigenvalue weighted by Gasteiger charge is 2.50. The molecule has 0 aliphatic heterocycles. The molecule has 54 heavy (non-hydrogen) atoms. The predicted molar refractivity (Wildman–Crippen MR) is 225 cm³/mol. The summed E-state index contributed by atoms with van der Waals surface area (Å²) in [6, 6.07) is 54.2. The smallest absolute Gasteiger partial charge is 0.0540 e. The number of allylic oxidation sites excluding steroid dienone is 8. The van der Waals surface area contributed by atoms with Crippen LogP contribution >= 0.6 is 0 Å². The van der Waals surface area contributed by atoms with Crippen LogP contribution in [-0.4, -0.2) is 0 Å². The first kappa shape index (κ1) is 32.5. The Hall–Kier alpha value is -6.10. The first-order chi connectivity index (χ1) is 26.5. The lowest BCUT2D eigenvalue weighted by Crippen LogP contribution is -2.35. The van der Waals surface area contributed by atoms with E-state index in [1.54, 1.807) is 0 Å². The summed E-state index contributed by atoms with van der Waals surface area (Å²) in [6.45, 7) is 7.08. The molecule has 0 saturated heterocycles. The Labute approximate surface area is 320 Å².